The number of hydrogen-bond acceptors (Lipinski definition) is 5. The molecule has 0 unspecified atom stereocenters. The summed E-state index contributed by atoms with van der Waals surface area (Å²) in [5.41, 5.74) is 5.47. The first kappa shape index (κ1) is 20.8. The molecule has 0 amide bonds. The van der Waals surface area contributed by atoms with Crippen LogP contribution in [0.5, 0.6) is 0 Å². The molecule has 4 fully saturated rings. The van der Waals surface area contributed by atoms with E-state index in [2.05, 4.69) is 66.9 Å². The van der Waals surface area contributed by atoms with Crippen molar-refractivity contribution in [1.29, 1.82) is 0 Å². The molecule has 2 bridgehead atoms. The third kappa shape index (κ3) is 3.92. The minimum absolute atomic E-state index is 0.339. The predicted octanol–water partition coefficient (Wildman–Crippen LogP) is 6.38. The predicted molar refractivity (Wildman–Crippen MR) is 133 cm³/mol. The highest BCUT2D eigenvalue weighted by Crippen LogP contribution is 2.57. The maximum atomic E-state index is 5.70. The summed E-state index contributed by atoms with van der Waals surface area (Å²) in [6, 6.07) is 13.1. The van der Waals surface area contributed by atoms with Crippen molar-refractivity contribution >= 4 is 11.5 Å². The first-order valence-electron chi connectivity index (χ1n) is 12.5. The summed E-state index contributed by atoms with van der Waals surface area (Å²) >= 11 is 0. The summed E-state index contributed by atoms with van der Waals surface area (Å²) < 4.78 is 5.70. The van der Waals surface area contributed by atoms with Crippen LogP contribution in [0.4, 0.5) is 11.5 Å². The molecule has 1 aromatic carbocycles. The van der Waals surface area contributed by atoms with E-state index in [0.29, 0.717) is 16.7 Å². The number of aromatic nitrogens is 2. The van der Waals surface area contributed by atoms with Crippen molar-refractivity contribution in [2.45, 2.75) is 62.7 Å². The molecule has 0 aliphatic heterocycles. The molecule has 0 radical (unpaired) electrons. The topological polar surface area (TPSA) is 54.2 Å². The van der Waals surface area contributed by atoms with Crippen LogP contribution in [0.2, 0.25) is 0 Å². The smallest absolute Gasteiger partial charge is 0.197 e. The van der Waals surface area contributed by atoms with E-state index < -0.39 is 0 Å². The summed E-state index contributed by atoms with van der Waals surface area (Å²) in [5, 5.41) is 3.78. The maximum absolute atomic E-state index is 5.70. The molecule has 172 valence electrons. The highest BCUT2D eigenvalue weighted by molar-refractivity contribution is 5.64. The highest BCUT2D eigenvalue weighted by atomic mass is 16.3. The standard InChI is InChI=1S/C28H34N4O/c1-32(2)25-9-8-22(17-29-25)28-13-10-27(11-14-28,12-15-28)19-30-23-5-3-4-21(16-23)24-18-33-26(31-24)20-6-7-20/h3-5,8-9,16-18,20,30H,6-7,10-15,19H2,1-2H3. The van der Waals surface area contributed by atoms with Crippen molar-refractivity contribution in [3.05, 3.63) is 60.3 Å². The Bertz CT molecular complexity index is 1100. The molecule has 33 heavy (non-hydrogen) atoms. The molecule has 5 heteroatoms. The Labute approximate surface area is 196 Å². The third-order valence-electron chi connectivity index (χ3n) is 8.49. The lowest BCUT2D eigenvalue weighted by Crippen LogP contribution is -2.47. The largest absolute Gasteiger partial charge is 0.448 e. The molecule has 0 saturated heterocycles. The summed E-state index contributed by atoms with van der Waals surface area (Å²) in [5.74, 6) is 2.49. The number of hydrogen-bond donors (Lipinski definition) is 1. The van der Waals surface area contributed by atoms with Gasteiger partial charge in [-0.25, -0.2) is 9.97 Å². The summed E-state index contributed by atoms with van der Waals surface area (Å²) in [6.07, 6.45) is 14.1. The van der Waals surface area contributed by atoms with Gasteiger partial charge in [0.15, 0.2) is 5.89 Å². The molecule has 0 spiro atoms. The van der Waals surface area contributed by atoms with Crippen LogP contribution in [-0.4, -0.2) is 30.6 Å². The molecule has 4 saturated carbocycles. The Balaban J connectivity index is 1.10. The molecule has 2 aromatic heterocycles. The lowest BCUT2D eigenvalue weighted by atomic mass is 9.52. The van der Waals surface area contributed by atoms with Crippen LogP contribution in [0.3, 0.4) is 0 Å². The SMILES string of the molecule is CN(C)c1ccc(C23CCC(CNc4cccc(-c5coc(C6CC6)n5)c4)(CC2)CC3)cn1. The van der Waals surface area contributed by atoms with Crippen molar-refractivity contribution in [3.8, 4) is 11.3 Å². The Morgan fingerprint density at radius 1 is 1.03 bits per heavy atom. The summed E-state index contributed by atoms with van der Waals surface area (Å²) in [4.78, 5) is 11.5. The van der Waals surface area contributed by atoms with Crippen molar-refractivity contribution in [1.82, 2.24) is 9.97 Å². The first-order chi connectivity index (χ1) is 16.0. The van der Waals surface area contributed by atoms with Gasteiger partial charge in [-0.15, -0.1) is 0 Å². The van der Waals surface area contributed by atoms with Crippen LogP contribution >= 0.6 is 0 Å². The normalized spacial score (nSPS) is 26.4. The molecule has 0 atom stereocenters. The van der Waals surface area contributed by atoms with Crippen LogP contribution in [-0.2, 0) is 5.41 Å². The van der Waals surface area contributed by atoms with E-state index in [1.165, 1.54) is 62.6 Å². The molecule has 1 N–H and O–H groups in total. The van der Waals surface area contributed by atoms with Gasteiger partial charge in [-0.3, -0.25) is 0 Å². The van der Waals surface area contributed by atoms with Gasteiger partial charge in [0.25, 0.3) is 0 Å². The number of rotatable bonds is 7. The van der Waals surface area contributed by atoms with Crippen molar-refractivity contribution < 1.29 is 4.42 Å². The van der Waals surface area contributed by atoms with Crippen LogP contribution in [0, 0.1) is 5.41 Å². The van der Waals surface area contributed by atoms with E-state index in [9.17, 15) is 0 Å². The second kappa shape index (κ2) is 7.89. The Morgan fingerprint density at radius 3 is 2.48 bits per heavy atom. The second-order valence-electron chi connectivity index (χ2n) is 10.9. The summed E-state index contributed by atoms with van der Waals surface area (Å²) in [7, 11) is 4.10. The van der Waals surface area contributed by atoms with Gasteiger partial charge in [0.05, 0.1) is 0 Å². The highest BCUT2D eigenvalue weighted by Gasteiger charge is 2.49. The Hall–Kier alpha value is -2.82. The number of nitrogens with zero attached hydrogens (tertiary/aromatic N) is 3. The zero-order valence-corrected chi connectivity index (χ0v) is 19.8. The van der Waals surface area contributed by atoms with Gasteiger partial charge in [0, 0.05) is 44.0 Å². The Kier molecular flexibility index (Phi) is 4.97. The van der Waals surface area contributed by atoms with Gasteiger partial charge in [-0.2, -0.15) is 0 Å². The fraction of sp³-hybridized carbons (Fsp3) is 0.500. The average molecular weight is 443 g/mol. The van der Waals surface area contributed by atoms with Gasteiger partial charge < -0.3 is 14.6 Å². The van der Waals surface area contributed by atoms with Crippen molar-refractivity contribution in [3.63, 3.8) is 0 Å². The van der Waals surface area contributed by atoms with Crippen molar-refractivity contribution in [2.75, 3.05) is 30.9 Å². The minimum atomic E-state index is 0.339. The quantitative estimate of drug-likeness (QED) is 0.460. The van der Waals surface area contributed by atoms with E-state index in [4.69, 9.17) is 14.4 Å². The van der Waals surface area contributed by atoms with E-state index in [1.54, 1.807) is 0 Å². The van der Waals surface area contributed by atoms with Crippen LogP contribution in [0.25, 0.3) is 11.3 Å². The number of anilines is 2. The minimum Gasteiger partial charge on any atom is -0.448 e. The third-order valence-corrected chi connectivity index (χ3v) is 8.49. The van der Waals surface area contributed by atoms with E-state index in [1.807, 2.05) is 6.26 Å². The molecule has 4 aliphatic rings. The number of pyridine rings is 1. The van der Waals surface area contributed by atoms with Gasteiger partial charge in [0.1, 0.15) is 17.8 Å². The van der Waals surface area contributed by atoms with E-state index in [0.717, 1.165) is 29.5 Å². The van der Waals surface area contributed by atoms with Gasteiger partial charge in [0.2, 0.25) is 0 Å². The molecule has 7 rings (SSSR count). The lowest BCUT2D eigenvalue weighted by Gasteiger charge is -2.54. The fourth-order valence-electron chi connectivity index (χ4n) is 5.94. The second-order valence-corrected chi connectivity index (χ2v) is 10.9. The molecule has 2 heterocycles. The summed E-state index contributed by atoms with van der Waals surface area (Å²) in [6.45, 7) is 1.05. The van der Waals surface area contributed by atoms with Gasteiger partial charge in [-0.1, -0.05) is 18.2 Å². The molecular weight excluding hydrogens is 408 g/mol. The van der Waals surface area contributed by atoms with Crippen molar-refractivity contribution in [2.24, 2.45) is 5.41 Å². The average Bonchev–Trinajstić information content (AvgIpc) is 3.60. The molecule has 3 aromatic rings. The van der Waals surface area contributed by atoms with Gasteiger partial charge >= 0.3 is 0 Å². The number of fused-ring (bicyclic) bond motifs is 3. The Morgan fingerprint density at radius 2 is 1.82 bits per heavy atom. The number of oxazole rings is 1. The first-order valence-corrected chi connectivity index (χ1v) is 12.5. The fourth-order valence-corrected chi connectivity index (χ4v) is 5.94. The zero-order chi connectivity index (χ0) is 22.5. The molecule has 5 nitrogen and oxygen atoms in total. The van der Waals surface area contributed by atoms with Gasteiger partial charge in [-0.05, 0) is 86.0 Å². The number of nitrogens with one attached hydrogen (secondary N) is 1. The zero-order valence-electron chi connectivity index (χ0n) is 19.8. The lowest BCUT2D eigenvalue weighted by molar-refractivity contribution is 0.0504. The van der Waals surface area contributed by atoms with E-state index >= 15 is 0 Å². The van der Waals surface area contributed by atoms with E-state index in [-0.39, 0.29) is 0 Å². The maximum Gasteiger partial charge on any atom is 0.197 e. The number of benzene rings is 1. The molecular formula is C28H34N4O. The van der Waals surface area contributed by atoms with Crippen LogP contribution in [0.15, 0.2) is 53.3 Å². The monoisotopic (exact) mass is 442 g/mol. The van der Waals surface area contributed by atoms with Crippen LogP contribution in [0.1, 0.15) is 68.7 Å². The van der Waals surface area contributed by atoms with Crippen LogP contribution < -0.4 is 10.2 Å². The molecule has 4 aliphatic carbocycles.